The number of hydrogen-bond donors (Lipinski definition) is 1. The van der Waals surface area contributed by atoms with Crippen molar-refractivity contribution in [1.29, 1.82) is 0 Å². The molecule has 2 fully saturated rings. The molecule has 0 heterocycles. The second-order valence-electron chi connectivity index (χ2n) is 5.01. The van der Waals surface area contributed by atoms with Gasteiger partial charge in [0.05, 0.1) is 5.92 Å². The van der Waals surface area contributed by atoms with Crippen LogP contribution in [0.3, 0.4) is 0 Å². The van der Waals surface area contributed by atoms with Gasteiger partial charge in [-0.2, -0.15) is 13.2 Å². The first kappa shape index (κ1) is 11.2. The monoisotopic (exact) mass is 221 g/mol. The van der Waals surface area contributed by atoms with Gasteiger partial charge in [0.25, 0.3) is 0 Å². The van der Waals surface area contributed by atoms with Crippen molar-refractivity contribution >= 4 is 0 Å². The van der Waals surface area contributed by atoms with E-state index >= 15 is 0 Å². The molecule has 0 aromatic carbocycles. The van der Waals surface area contributed by atoms with E-state index in [1.54, 1.807) is 0 Å². The Bertz CT molecular complexity index is 222. The molecule has 1 nitrogen and oxygen atoms in total. The molecule has 0 bridgehead atoms. The molecule has 0 aromatic heterocycles. The van der Waals surface area contributed by atoms with Crippen LogP contribution in [0.2, 0.25) is 0 Å². The Morgan fingerprint density at radius 2 is 1.60 bits per heavy atom. The van der Waals surface area contributed by atoms with Crippen LogP contribution in [0, 0.1) is 17.8 Å². The van der Waals surface area contributed by atoms with E-state index in [0.717, 1.165) is 19.3 Å². The van der Waals surface area contributed by atoms with Crippen molar-refractivity contribution < 1.29 is 13.2 Å². The summed E-state index contributed by atoms with van der Waals surface area (Å²) in [5.41, 5.74) is 5.94. The number of rotatable bonds is 2. The average Bonchev–Trinajstić information content (AvgIpc) is 2.98. The quantitative estimate of drug-likeness (QED) is 0.761. The normalized spacial score (nSPS) is 35.2. The minimum absolute atomic E-state index is 0.211. The topological polar surface area (TPSA) is 26.0 Å². The highest BCUT2D eigenvalue weighted by atomic mass is 19.4. The van der Waals surface area contributed by atoms with Crippen LogP contribution in [0.15, 0.2) is 0 Å². The standard InChI is InChI=1S/C11H18F3N/c12-11(13,14)9-4-2-1-3-8(9)10(15)7-5-6-7/h7-10H,1-6,15H2. The Kier molecular flexibility index (Phi) is 2.97. The smallest absolute Gasteiger partial charge is 0.327 e. The summed E-state index contributed by atoms with van der Waals surface area (Å²) in [5.74, 6) is -1.08. The van der Waals surface area contributed by atoms with E-state index in [-0.39, 0.29) is 18.4 Å². The van der Waals surface area contributed by atoms with Crippen LogP contribution >= 0.6 is 0 Å². The summed E-state index contributed by atoms with van der Waals surface area (Å²) < 4.78 is 38.3. The number of hydrogen-bond acceptors (Lipinski definition) is 1. The second-order valence-corrected chi connectivity index (χ2v) is 5.01. The molecule has 0 saturated heterocycles. The number of alkyl halides is 3. The Hall–Kier alpha value is -0.250. The number of nitrogens with two attached hydrogens (primary N) is 1. The van der Waals surface area contributed by atoms with Gasteiger partial charge >= 0.3 is 6.18 Å². The predicted octanol–water partition coefficient (Wildman–Crippen LogP) is 3.09. The Morgan fingerprint density at radius 3 is 2.13 bits per heavy atom. The van der Waals surface area contributed by atoms with Crippen molar-refractivity contribution in [3.05, 3.63) is 0 Å². The fourth-order valence-corrected chi connectivity index (χ4v) is 2.86. The number of halogens is 3. The van der Waals surface area contributed by atoms with E-state index in [4.69, 9.17) is 5.73 Å². The third-order valence-corrected chi connectivity index (χ3v) is 3.90. The zero-order valence-electron chi connectivity index (χ0n) is 8.76. The Balaban J connectivity index is 2.04. The van der Waals surface area contributed by atoms with E-state index in [0.29, 0.717) is 18.8 Å². The van der Waals surface area contributed by atoms with Crippen molar-refractivity contribution in [2.24, 2.45) is 23.5 Å². The summed E-state index contributed by atoms with van der Waals surface area (Å²) >= 11 is 0. The van der Waals surface area contributed by atoms with E-state index < -0.39 is 12.1 Å². The summed E-state index contributed by atoms with van der Waals surface area (Å²) in [5, 5.41) is 0. The van der Waals surface area contributed by atoms with Gasteiger partial charge in [0, 0.05) is 6.04 Å². The molecule has 3 atom stereocenters. The molecule has 2 N–H and O–H groups in total. The van der Waals surface area contributed by atoms with Crippen LogP contribution in [0.1, 0.15) is 38.5 Å². The third-order valence-electron chi connectivity index (χ3n) is 3.90. The van der Waals surface area contributed by atoms with Crippen LogP contribution in [0.4, 0.5) is 13.2 Å². The summed E-state index contributed by atoms with van der Waals surface area (Å²) in [4.78, 5) is 0. The molecule has 88 valence electrons. The largest absolute Gasteiger partial charge is 0.392 e. The van der Waals surface area contributed by atoms with E-state index in [1.165, 1.54) is 0 Å². The van der Waals surface area contributed by atoms with E-state index in [2.05, 4.69) is 0 Å². The molecule has 0 amide bonds. The van der Waals surface area contributed by atoms with E-state index in [9.17, 15) is 13.2 Å². The lowest BCUT2D eigenvalue weighted by Gasteiger charge is -2.36. The molecule has 0 radical (unpaired) electrons. The van der Waals surface area contributed by atoms with Gasteiger partial charge in [-0.15, -0.1) is 0 Å². The Morgan fingerprint density at radius 1 is 1.00 bits per heavy atom. The summed E-state index contributed by atoms with van der Waals surface area (Å²) in [6, 6.07) is -0.211. The van der Waals surface area contributed by atoms with Crippen molar-refractivity contribution in [3.8, 4) is 0 Å². The van der Waals surface area contributed by atoms with Gasteiger partial charge in [-0.3, -0.25) is 0 Å². The first-order valence-electron chi connectivity index (χ1n) is 5.82. The van der Waals surface area contributed by atoms with Gasteiger partial charge in [-0.05, 0) is 37.5 Å². The molecule has 2 aliphatic carbocycles. The third kappa shape index (κ3) is 2.47. The Labute approximate surface area is 88.2 Å². The first-order chi connectivity index (χ1) is 7.00. The van der Waals surface area contributed by atoms with Crippen molar-refractivity contribution in [2.45, 2.75) is 50.7 Å². The first-order valence-corrected chi connectivity index (χ1v) is 5.82. The highest BCUT2D eigenvalue weighted by Crippen LogP contribution is 2.46. The average molecular weight is 221 g/mol. The molecule has 0 aliphatic heterocycles. The van der Waals surface area contributed by atoms with Gasteiger partial charge in [-0.1, -0.05) is 12.8 Å². The van der Waals surface area contributed by atoms with E-state index in [1.807, 2.05) is 0 Å². The molecule has 0 spiro atoms. The second kappa shape index (κ2) is 3.96. The van der Waals surface area contributed by atoms with Gasteiger partial charge in [0.1, 0.15) is 0 Å². The van der Waals surface area contributed by atoms with Crippen LogP contribution in [0.25, 0.3) is 0 Å². The van der Waals surface area contributed by atoms with Crippen LogP contribution in [0.5, 0.6) is 0 Å². The highest BCUT2D eigenvalue weighted by molar-refractivity contribution is 4.94. The zero-order valence-corrected chi connectivity index (χ0v) is 8.76. The fraction of sp³-hybridized carbons (Fsp3) is 1.00. The fourth-order valence-electron chi connectivity index (χ4n) is 2.86. The molecule has 2 saturated carbocycles. The minimum atomic E-state index is -4.04. The molecular formula is C11H18F3N. The minimum Gasteiger partial charge on any atom is -0.327 e. The SMILES string of the molecule is NC(C1CC1)C1CCCCC1C(F)(F)F. The zero-order chi connectivity index (χ0) is 11.1. The maximum atomic E-state index is 12.8. The molecule has 2 rings (SSSR count). The molecule has 3 unspecified atom stereocenters. The van der Waals surface area contributed by atoms with Crippen LogP contribution in [-0.2, 0) is 0 Å². The molecular weight excluding hydrogens is 203 g/mol. The lowest BCUT2D eigenvalue weighted by atomic mass is 9.74. The van der Waals surface area contributed by atoms with Crippen LogP contribution in [-0.4, -0.2) is 12.2 Å². The maximum Gasteiger partial charge on any atom is 0.392 e. The molecule has 4 heteroatoms. The van der Waals surface area contributed by atoms with Crippen LogP contribution < -0.4 is 5.73 Å². The maximum absolute atomic E-state index is 12.8. The summed E-state index contributed by atoms with van der Waals surface area (Å²) in [6.07, 6.45) is 0.592. The molecule has 2 aliphatic rings. The lowest BCUT2D eigenvalue weighted by molar-refractivity contribution is -0.198. The summed E-state index contributed by atoms with van der Waals surface area (Å²) in [7, 11) is 0. The molecule has 15 heavy (non-hydrogen) atoms. The van der Waals surface area contributed by atoms with Crippen molar-refractivity contribution in [3.63, 3.8) is 0 Å². The van der Waals surface area contributed by atoms with Gasteiger partial charge in [0.2, 0.25) is 0 Å². The van der Waals surface area contributed by atoms with Gasteiger partial charge < -0.3 is 5.73 Å². The van der Waals surface area contributed by atoms with Crippen molar-refractivity contribution in [1.82, 2.24) is 0 Å². The van der Waals surface area contributed by atoms with Gasteiger partial charge in [0.15, 0.2) is 0 Å². The van der Waals surface area contributed by atoms with Crippen molar-refractivity contribution in [2.75, 3.05) is 0 Å². The molecule has 0 aromatic rings. The summed E-state index contributed by atoms with van der Waals surface area (Å²) in [6.45, 7) is 0. The van der Waals surface area contributed by atoms with Gasteiger partial charge in [-0.25, -0.2) is 0 Å². The predicted molar refractivity (Wildman–Crippen MR) is 52.2 cm³/mol. The lowest BCUT2D eigenvalue weighted by Crippen LogP contribution is -2.44. The highest BCUT2D eigenvalue weighted by Gasteiger charge is 2.49.